The Morgan fingerprint density at radius 1 is 1.04 bits per heavy atom. The van der Waals surface area contributed by atoms with Crippen LogP contribution in [0.2, 0.25) is 0 Å². The molecule has 0 spiro atoms. The van der Waals surface area contributed by atoms with Crippen LogP contribution in [0.25, 0.3) is 0 Å². The van der Waals surface area contributed by atoms with Crippen LogP contribution >= 0.6 is 0 Å². The summed E-state index contributed by atoms with van der Waals surface area (Å²) in [5.74, 6) is 0.842. The summed E-state index contributed by atoms with van der Waals surface area (Å²) >= 11 is 0. The Hall–Kier alpha value is -1.16. The number of ether oxygens (including phenoxy) is 1. The normalized spacial score (nSPS) is 19.9. The zero-order valence-electron chi connectivity index (χ0n) is 13.6. The Morgan fingerprint density at radius 3 is 2.38 bits per heavy atom. The third-order valence-corrected chi connectivity index (χ3v) is 8.32. The van der Waals surface area contributed by atoms with Crippen LogP contribution in [-0.2, 0) is 26.5 Å². The van der Waals surface area contributed by atoms with E-state index in [1.165, 1.54) is 8.61 Å². The first-order valence-electron chi connectivity index (χ1n) is 8.08. The first kappa shape index (κ1) is 17.7. The fourth-order valence-electron chi connectivity index (χ4n) is 3.05. The average molecular weight is 374 g/mol. The van der Waals surface area contributed by atoms with Crippen LogP contribution < -0.4 is 4.74 Å². The van der Waals surface area contributed by atoms with Crippen LogP contribution in [0.1, 0.15) is 18.9 Å². The standard InChI is InChI=1S/C15H22N2O5S2/c1-2-11-23(18,19)16-6-8-17(9-7-16)24(20,21)14-3-4-15-13(12-14)5-10-22-15/h3-4,12H,2,5-11H2,1H3. The van der Waals surface area contributed by atoms with Gasteiger partial charge in [0.1, 0.15) is 5.75 Å². The number of hydrogen-bond acceptors (Lipinski definition) is 5. The Kier molecular flexibility index (Phi) is 4.87. The van der Waals surface area contributed by atoms with Gasteiger partial charge in [0.25, 0.3) is 0 Å². The predicted octanol–water partition coefficient (Wildman–Crippen LogP) is 0.668. The minimum atomic E-state index is -3.61. The molecular weight excluding hydrogens is 352 g/mol. The zero-order valence-corrected chi connectivity index (χ0v) is 15.3. The molecule has 0 radical (unpaired) electrons. The molecule has 1 fully saturated rings. The van der Waals surface area contributed by atoms with Gasteiger partial charge >= 0.3 is 0 Å². The highest BCUT2D eigenvalue weighted by Crippen LogP contribution is 2.29. The monoisotopic (exact) mass is 374 g/mol. The third kappa shape index (κ3) is 3.30. The lowest BCUT2D eigenvalue weighted by molar-refractivity contribution is 0.273. The van der Waals surface area contributed by atoms with E-state index >= 15 is 0 Å². The fraction of sp³-hybridized carbons (Fsp3) is 0.600. The maximum atomic E-state index is 12.8. The Morgan fingerprint density at radius 2 is 1.71 bits per heavy atom. The van der Waals surface area contributed by atoms with Crippen LogP contribution in [0, 0.1) is 0 Å². The molecule has 7 nitrogen and oxygen atoms in total. The number of piperazine rings is 1. The molecule has 0 unspecified atom stereocenters. The molecule has 0 saturated carbocycles. The maximum Gasteiger partial charge on any atom is 0.243 e. The van der Waals surface area contributed by atoms with Crippen molar-refractivity contribution in [2.24, 2.45) is 0 Å². The van der Waals surface area contributed by atoms with E-state index in [1.54, 1.807) is 18.2 Å². The summed E-state index contributed by atoms with van der Waals surface area (Å²) in [6, 6.07) is 4.91. The highest BCUT2D eigenvalue weighted by molar-refractivity contribution is 7.89. The van der Waals surface area contributed by atoms with Crippen molar-refractivity contribution in [3.63, 3.8) is 0 Å². The van der Waals surface area contributed by atoms with Crippen molar-refractivity contribution >= 4 is 20.0 Å². The van der Waals surface area contributed by atoms with Crippen molar-refractivity contribution < 1.29 is 21.6 Å². The van der Waals surface area contributed by atoms with Crippen molar-refractivity contribution in [2.45, 2.75) is 24.7 Å². The van der Waals surface area contributed by atoms with Gasteiger partial charge in [0.15, 0.2) is 0 Å². The number of nitrogens with zero attached hydrogens (tertiary/aromatic N) is 2. The van der Waals surface area contributed by atoms with Crippen LogP contribution in [0.15, 0.2) is 23.1 Å². The van der Waals surface area contributed by atoms with Crippen LogP contribution in [0.3, 0.4) is 0 Å². The topological polar surface area (TPSA) is 84.0 Å². The van der Waals surface area contributed by atoms with Crippen molar-refractivity contribution in [1.82, 2.24) is 8.61 Å². The van der Waals surface area contributed by atoms with Gasteiger partial charge in [0.2, 0.25) is 20.0 Å². The molecule has 2 aliphatic heterocycles. The Bertz CT molecular complexity index is 812. The highest BCUT2D eigenvalue weighted by atomic mass is 32.2. The Balaban J connectivity index is 1.74. The number of fused-ring (bicyclic) bond motifs is 1. The summed E-state index contributed by atoms with van der Waals surface area (Å²) in [6.45, 7) is 3.16. The molecule has 0 amide bonds. The maximum absolute atomic E-state index is 12.8. The van der Waals surface area contributed by atoms with Crippen molar-refractivity contribution in [3.8, 4) is 5.75 Å². The molecule has 24 heavy (non-hydrogen) atoms. The molecule has 0 aliphatic carbocycles. The number of benzene rings is 1. The second kappa shape index (κ2) is 6.62. The van der Waals surface area contributed by atoms with Crippen LogP contribution in [0.5, 0.6) is 5.75 Å². The van der Waals surface area contributed by atoms with Gasteiger partial charge < -0.3 is 4.74 Å². The molecule has 0 N–H and O–H groups in total. The average Bonchev–Trinajstić information content (AvgIpc) is 3.02. The van der Waals surface area contributed by atoms with E-state index in [4.69, 9.17) is 4.74 Å². The summed E-state index contributed by atoms with van der Waals surface area (Å²) in [7, 11) is -6.89. The molecule has 2 heterocycles. The van der Waals surface area contributed by atoms with E-state index in [-0.39, 0.29) is 36.8 Å². The molecule has 2 aliphatic rings. The van der Waals surface area contributed by atoms with E-state index in [9.17, 15) is 16.8 Å². The summed E-state index contributed by atoms with van der Waals surface area (Å²) < 4.78 is 57.9. The first-order chi connectivity index (χ1) is 11.3. The molecule has 9 heteroatoms. The second-order valence-electron chi connectivity index (χ2n) is 5.99. The van der Waals surface area contributed by atoms with Gasteiger partial charge in [0.05, 0.1) is 17.3 Å². The molecule has 0 bridgehead atoms. The van der Waals surface area contributed by atoms with Gasteiger partial charge in [-0.05, 0) is 30.2 Å². The molecule has 3 rings (SSSR count). The van der Waals surface area contributed by atoms with E-state index in [2.05, 4.69) is 0 Å². The molecule has 1 saturated heterocycles. The van der Waals surface area contributed by atoms with Gasteiger partial charge in [-0.25, -0.2) is 16.8 Å². The minimum Gasteiger partial charge on any atom is -0.493 e. The third-order valence-electron chi connectivity index (χ3n) is 4.35. The summed E-state index contributed by atoms with van der Waals surface area (Å²) in [5.41, 5.74) is 0.903. The molecule has 0 atom stereocenters. The van der Waals surface area contributed by atoms with Crippen molar-refractivity contribution in [3.05, 3.63) is 23.8 Å². The molecule has 1 aromatic rings. The van der Waals surface area contributed by atoms with E-state index in [0.717, 1.165) is 11.3 Å². The number of rotatable bonds is 5. The lowest BCUT2D eigenvalue weighted by atomic mass is 10.2. The largest absolute Gasteiger partial charge is 0.493 e. The molecular formula is C15H22N2O5S2. The molecule has 0 aromatic heterocycles. The smallest absolute Gasteiger partial charge is 0.243 e. The quantitative estimate of drug-likeness (QED) is 0.756. The van der Waals surface area contributed by atoms with Crippen LogP contribution in [-0.4, -0.2) is 64.0 Å². The zero-order chi connectivity index (χ0) is 17.4. The summed E-state index contributed by atoms with van der Waals surface area (Å²) in [6.07, 6.45) is 1.26. The lowest BCUT2D eigenvalue weighted by Crippen LogP contribution is -2.50. The van der Waals surface area contributed by atoms with E-state index in [0.29, 0.717) is 19.4 Å². The van der Waals surface area contributed by atoms with Gasteiger partial charge in [-0.3, -0.25) is 0 Å². The van der Waals surface area contributed by atoms with Gasteiger partial charge in [-0.2, -0.15) is 8.61 Å². The number of hydrogen-bond donors (Lipinski definition) is 0. The first-order valence-corrected chi connectivity index (χ1v) is 11.1. The highest BCUT2D eigenvalue weighted by Gasteiger charge is 2.33. The lowest BCUT2D eigenvalue weighted by Gasteiger charge is -2.33. The van der Waals surface area contributed by atoms with Gasteiger partial charge in [-0.15, -0.1) is 0 Å². The Labute approximate surface area is 143 Å². The second-order valence-corrected chi connectivity index (χ2v) is 10.0. The fourth-order valence-corrected chi connectivity index (χ4v) is 6.01. The predicted molar refractivity (Wildman–Crippen MR) is 90.1 cm³/mol. The minimum absolute atomic E-state index is 0.102. The molecule has 134 valence electrons. The summed E-state index contributed by atoms with van der Waals surface area (Å²) in [5, 5.41) is 0. The summed E-state index contributed by atoms with van der Waals surface area (Å²) in [4.78, 5) is 0.247. The van der Waals surface area contributed by atoms with Gasteiger partial charge in [-0.1, -0.05) is 6.92 Å². The SMILES string of the molecule is CCCS(=O)(=O)N1CCN(S(=O)(=O)c2ccc3c(c2)CCO3)CC1. The van der Waals surface area contributed by atoms with Crippen molar-refractivity contribution in [1.29, 1.82) is 0 Å². The van der Waals surface area contributed by atoms with Gasteiger partial charge in [0, 0.05) is 32.6 Å². The number of sulfonamides is 2. The van der Waals surface area contributed by atoms with E-state index < -0.39 is 20.0 Å². The van der Waals surface area contributed by atoms with Crippen molar-refractivity contribution in [2.75, 3.05) is 38.5 Å². The van der Waals surface area contributed by atoms with E-state index in [1.807, 2.05) is 6.92 Å². The van der Waals surface area contributed by atoms with Crippen LogP contribution in [0.4, 0.5) is 0 Å². The molecule has 1 aromatic carbocycles.